The van der Waals surface area contributed by atoms with Crippen LogP contribution >= 0.6 is 0 Å². The van der Waals surface area contributed by atoms with Crippen LogP contribution in [0.25, 0.3) is 0 Å². The van der Waals surface area contributed by atoms with Crippen LogP contribution in [-0.4, -0.2) is 76.2 Å². The number of benzene rings is 1. The predicted molar refractivity (Wildman–Crippen MR) is 96.7 cm³/mol. The van der Waals surface area contributed by atoms with E-state index in [-0.39, 0.29) is 12.4 Å². The minimum atomic E-state index is -1.46. The molecule has 6 N–H and O–H groups in total. The van der Waals surface area contributed by atoms with Crippen molar-refractivity contribution in [3.8, 4) is 0 Å². The van der Waals surface area contributed by atoms with Crippen LogP contribution in [0.4, 0.5) is 0 Å². The maximum absolute atomic E-state index is 12.1. The number of ketones is 1. The van der Waals surface area contributed by atoms with Crippen molar-refractivity contribution in [2.45, 2.75) is 62.4 Å². The second kappa shape index (κ2) is 10.8. The van der Waals surface area contributed by atoms with Crippen molar-refractivity contribution in [2.24, 2.45) is 5.73 Å². The molecule has 0 amide bonds. The standard InChI is InChI=1S/C19H29NO7/c20-13(10-12-6-2-1-3-7-12)14(22)8-4-5-9-26-19-18(25)17(24)16(23)15(11-21)27-19/h1-3,6-7,13,15-19,21,23-25H,4-5,8-11,20H2/t13-,15?,16?,17?,18?,19?/m1/s1. The Bertz CT molecular complexity index is 568. The Morgan fingerprint density at radius 2 is 1.81 bits per heavy atom. The molecule has 0 radical (unpaired) electrons. The third-order valence-electron chi connectivity index (χ3n) is 4.66. The molecule has 6 atom stereocenters. The largest absolute Gasteiger partial charge is 0.394 e. The predicted octanol–water partition coefficient (Wildman–Crippen LogP) is -0.888. The first-order chi connectivity index (χ1) is 12.9. The van der Waals surface area contributed by atoms with Crippen LogP contribution in [0, 0.1) is 0 Å². The Labute approximate surface area is 158 Å². The highest BCUT2D eigenvalue weighted by Gasteiger charge is 2.43. The minimum absolute atomic E-state index is 0.0216. The van der Waals surface area contributed by atoms with E-state index >= 15 is 0 Å². The normalized spacial score (nSPS) is 29.4. The molecule has 0 aromatic heterocycles. The number of carbonyl (C=O) groups is 1. The van der Waals surface area contributed by atoms with Gasteiger partial charge in [0, 0.05) is 13.0 Å². The van der Waals surface area contributed by atoms with E-state index < -0.39 is 43.4 Å². The molecule has 1 aromatic rings. The molecule has 1 aliphatic rings. The van der Waals surface area contributed by atoms with E-state index in [1.54, 1.807) is 0 Å². The van der Waals surface area contributed by atoms with Gasteiger partial charge in [-0.3, -0.25) is 4.79 Å². The summed E-state index contributed by atoms with van der Waals surface area (Å²) in [6.45, 7) is -0.303. The first-order valence-corrected chi connectivity index (χ1v) is 9.18. The lowest BCUT2D eigenvalue weighted by Crippen LogP contribution is -2.59. The number of rotatable bonds is 10. The minimum Gasteiger partial charge on any atom is -0.394 e. The fourth-order valence-electron chi connectivity index (χ4n) is 2.97. The number of aliphatic hydroxyl groups is 4. The van der Waals surface area contributed by atoms with Gasteiger partial charge in [-0.05, 0) is 24.8 Å². The Morgan fingerprint density at radius 1 is 1.11 bits per heavy atom. The fourth-order valence-corrected chi connectivity index (χ4v) is 2.97. The zero-order valence-corrected chi connectivity index (χ0v) is 15.2. The van der Waals surface area contributed by atoms with E-state index in [1.807, 2.05) is 30.3 Å². The topological polar surface area (TPSA) is 142 Å². The summed E-state index contributed by atoms with van der Waals surface area (Å²) in [5, 5.41) is 38.4. The summed E-state index contributed by atoms with van der Waals surface area (Å²) in [4.78, 5) is 12.1. The summed E-state index contributed by atoms with van der Waals surface area (Å²) >= 11 is 0. The quantitative estimate of drug-likeness (QED) is 0.328. The number of nitrogens with two attached hydrogens (primary N) is 1. The van der Waals surface area contributed by atoms with Crippen molar-refractivity contribution in [2.75, 3.05) is 13.2 Å². The van der Waals surface area contributed by atoms with Crippen LogP contribution in [0.15, 0.2) is 30.3 Å². The highest BCUT2D eigenvalue weighted by Crippen LogP contribution is 2.22. The molecule has 8 heteroatoms. The van der Waals surface area contributed by atoms with Gasteiger partial charge in [-0.1, -0.05) is 30.3 Å². The lowest BCUT2D eigenvalue weighted by molar-refractivity contribution is -0.301. The third kappa shape index (κ3) is 6.32. The molecule has 27 heavy (non-hydrogen) atoms. The molecule has 0 bridgehead atoms. The Balaban J connectivity index is 1.65. The van der Waals surface area contributed by atoms with Gasteiger partial charge in [0.25, 0.3) is 0 Å². The number of unbranched alkanes of at least 4 members (excludes halogenated alkanes) is 1. The molecular weight excluding hydrogens is 354 g/mol. The van der Waals surface area contributed by atoms with Crippen molar-refractivity contribution in [1.82, 2.24) is 0 Å². The number of carbonyl (C=O) groups excluding carboxylic acids is 1. The zero-order valence-electron chi connectivity index (χ0n) is 15.2. The maximum Gasteiger partial charge on any atom is 0.186 e. The summed E-state index contributed by atoms with van der Waals surface area (Å²) in [7, 11) is 0. The first kappa shape index (κ1) is 21.9. The SMILES string of the molecule is N[C@H](Cc1ccccc1)C(=O)CCCCOC1OC(CO)C(O)C(O)C1O. The van der Waals surface area contributed by atoms with Gasteiger partial charge >= 0.3 is 0 Å². The molecule has 152 valence electrons. The second-order valence-electron chi connectivity index (χ2n) is 6.79. The number of hydrogen-bond donors (Lipinski definition) is 5. The van der Waals surface area contributed by atoms with Crippen molar-refractivity contribution in [3.05, 3.63) is 35.9 Å². The first-order valence-electron chi connectivity index (χ1n) is 9.18. The van der Waals surface area contributed by atoms with E-state index in [2.05, 4.69) is 0 Å². The Morgan fingerprint density at radius 3 is 2.48 bits per heavy atom. The average molecular weight is 383 g/mol. The average Bonchev–Trinajstić information content (AvgIpc) is 2.68. The fraction of sp³-hybridized carbons (Fsp3) is 0.632. The second-order valence-corrected chi connectivity index (χ2v) is 6.79. The molecule has 1 aliphatic heterocycles. The van der Waals surface area contributed by atoms with Gasteiger partial charge in [0.05, 0.1) is 12.6 Å². The summed E-state index contributed by atoms with van der Waals surface area (Å²) in [6, 6.07) is 9.04. The van der Waals surface area contributed by atoms with E-state index in [0.717, 1.165) is 5.56 Å². The van der Waals surface area contributed by atoms with Crippen LogP contribution in [0.1, 0.15) is 24.8 Å². The van der Waals surface area contributed by atoms with E-state index in [4.69, 9.17) is 20.3 Å². The highest BCUT2D eigenvalue weighted by atomic mass is 16.7. The van der Waals surface area contributed by atoms with Gasteiger partial charge in [-0.2, -0.15) is 0 Å². The van der Waals surface area contributed by atoms with E-state index in [9.17, 15) is 20.1 Å². The van der Waals surface area contributed by atoms with Crippen molar-refractivity contribution in [3.63, 3.8) is 0 Å². The Kier molecular flexibility index (Phi) is 8.78. The van der Waals surface area contributed by atoms with Crippen LogP contribution in [-0.2, 0) is 20.7 Å². The Hall–Kier alpha value is -1.39. The van der Waals surface area contributed by atoms with Gasteiger partial charge in [-0.25, -0.2) is 0 Å². The van der Waals surface area contributed by atoms with Crippen LogP contribution in [0.5, 0.6) is 0 Å². The van der Waals surface area contributed by atoms with Gasteiger partial charge in [0.1, 0.15) is 30.2 Å². The van der Waals surface area contributed by atoms with Crippen LogP contribution in [0.3, 0.4) is 0 Å². The van der Waals surface area contributed by atoms with Crippen LogP contribution in [0.2, 0.25) is 0 Å². The monoisotopic (exact) mass is 383 g/mol. The number of ether oxygens (including phenoxy) is 2. The van der Waals surface area contributed by atoms with Gasteiger partial charge in [-0.15, -0.1) is 0 Å². The lowest BCUT2D eigenvalue weighted by atomic mass is 9.99. The third-order valence-corrected chi connectivity index (χ3v) is 4.66. The van der Waals surface area contributed by atoms with E-state index in [0.29, 0.717) is 25.7 Å². The van der Waals surface area contributed by atoms with Gasteiger partial charge in [0.2, 0.25) is 0 Å². The summed E-state index contributed by atoms with van der Waals surface area (Å²) in [6.07, 6.45) is -4.48. The molecule has 1 heterocycles. The van der Waals surface area contributed by atoms with Crippen molar-refractivity contribution in [1.29, 1.82) is 0 Å². The van der Waals surface area contributed by atoms with Crippen LogP contribution < -0.4 is 5.73 Å². The number of aliphatic hydroxyl groups excluding tert-OH is 4. The molecule has 1 aromatic carbocycles. The molecule has 0 saturated carbocycles. The molecule has 0 aliphatic carbocycles. The highest BCUT2D eigenvalue weighted by molar-refractivity contribution is 5.84. The molecule has 1 saturated heterocycles. The number of Topliss-reactive ketones (excluding diaryl/α,β-unsaturated/α-hetero) is 1. The zero-order chi connectivity index (χ0) is 19.8. The molecular formula is C19H29NO7. The summed E-state index contributed by atoms with van der Waals surface area (Å²) in [5.41, 5.74) is 6.97. The molecule has 5 unspecified atom stereocenters. The van der Waals surface area contributed by atoms with Crippen molar-refractivity contribution < 1.29 is 34.7 Å². The van der Waals surface area contributed by atoms with E-state index in [1.165, 1.54) is 0 Å². The number of hydrogen-bond acceptors (Lipinski definition) is 8. The van der Waals surface area contributed by atoms with Crippen molar-refractivity contribution >= 4 is 5.78 Å². The molecule has 2 rings (SSSR count). The lowest BCUT2D eigenvalue weighted by Gasteiger charge is -2.39. The maximum atomic E-state index is 12.1. The molecule has 0 spiro atoms. The smallest absolute Gasteiger partial charge is 0.186 e. The molecule has 1 fully saturated rings. The summed E-state index contributed by atoms with van der Waals surface area (Å²) < 4.78 is 10.6. The molecule has 8 nitrogen and oxygen atoms in total. The van der Waals surface area contributed by atoms with Gasteiger partial charge < -0.3 is 35.6 Å². The summed E-state index contributed by atoms with van der Waals surface area (Å²) in [5.74, 6) is -0.0216. The van der Waals surface area contributed by atoms with Gasteiger partial charge in [0.15, 0.2) is 6.29 Å².